The van der Waals surface area contributed by atoms with E-state index < -0.39 is 16.9 Å². The Labute approximate surface area is 144 Å². The number of rotatable bonds is 4. The van der Waals surface area contributed by atoms with E-state index in [-0.39, 0.29) is 17.2 Å². The van der Waals surface area contributed by atoms with Crippen molar-refractivity contribution in [3.63, 3.8) is 0 Å². The van der Waals surface area contributed by atoms with Gasteiger partial charge in [0.2, 0.25) is 5.91 Å². The maximum atomic E-state index is 12.7. The smallest absolute Gasteiger partial charge is 0.270 e. The molecular formula is C18H17N3O4. The van der Waals surface area contributed by atoms with Gasteiger partial charge in [-0.15, -0.1) is 0 Å². The molecule has 2 aromatic rings. The van der Waals surface area contributed by atoms with Gasteiger partial charge in [-0.25, -0.2) is 0 Å². The van der Waals surface area contributed by atoms with Gasteiger partial charge in [0.25, 0.3) is 11.6 Å². The molecule has 0 saturated carbocycles. The number of nitro benzene ring substituents is 1. The normalized spacial score (nSPS) is 16.8. The molecule has 1 saturated heterocycles. The first-order valence-electron chi connectivity index (χ1n) is 7.87. The molecule has 2 amide bonds. The maximum Gasteiger partial charge on any atom is 0.270 e. The third kappa shape index (κ3) is 3.21. The Kier molecular flexibility index (Phi) is 4.47. The van der Waals surface area contributed by atoms with Crippen LogP contribution in [0, 0.1) is 10.1 Å². The van der Waals surface area contributed by atoms with E-state index in [4.69, 9.17) is 0 Å². The summed E-state index contributed by atoms with van der Waals surface area (Å²) >= 11 is 0. The SMILES string of the molecule is CN(C(=O)c1cccc([N+](=O)[O-])c1)[C@@H]1CCN(c2ccccc2)C1=O. The number of para-hydroxylation sites is 1. The van der Waals surface area contributed by atoms with Gasteiger partial charge in [-0.3, -0.25) is 19.7 Å². The van der Waals surface area contributed by atoms with Crippen molar-refractivity contribution in [2.45, 2.75) is 12.5 Å². The molecule has 1 atom stereocenters. The Bertz CT molecular complexity index is 822. The van der Waals surface area contributed by atoms with Crippen LogP contribution in [0.2, 0.25) is 0 Å². The first-order chi connectivity index (χ1) is 12.0. The number of likely N-dealkylation sites (N-methyl/N-ethyl adjacent to an activating group) is 1. The second kappa shape index (κ2) is 6.72. The lowest BCUT2D eigenvalue weighted by atomic mass is 10.1. The van der Waals surface area contributed by atoms with Gasteiger partial charge < -0.3 is 9.80 Å². The highest BCUT2D eigenvalue weighted by Crippen LogP contribution is 2.25. The van der Waals surface area contributed by atoms with E-state index in [1.165, 1.54) is 29.2 Å². The summed E-state index contributed by atoms with van der Waals surface area (Å²) in [6.45, 7) is 0.528. The van der Waals surface area contributed by atoms with Crippen LogP contribution in [0.4, 0.5) is 11.4 Å². The fourth-order valence-corrected chi connectivity index (χ4v) is 2.99. The van der Waals surface area contributed by atoms with E-state index in [0.29, 0.717) is 13.0 Å². The molecule has 2 aromatic carbocycles. The highest BCUT2D eigenvalue weighted by Gasteiger charge is 2.37. The fourth-order valence-electron chi connectivity index (χ4n) is 2.99. The Morgan fingerprint density at radius 2 is 1.92 bits per heavy atom. The molecule has 1 aliphatic rings. The van der Waals surface area contributed by atoms with Gasteiger partial charge in [-0.05, 0) is 24.6 Å². The van der Waals surface area contributed by atoms with E-state index in [1.807, 2.05) is 30.3 Å². The summed E-state index contributed by atoms with van der Waals surface area (Å²) in [5, 5.41) is 10.9. The van der Waals surface area contributed by atoms with Gasteiger partial charge in [0.1, 0.15) is 6.04 Å². The molecule has 128 valence electrons. The number of carbonyl (C=O) groups is 2. The molecule has 7 nitrogen and oxygen atoms in total. The van der Waals surface area contributed by atoms with Crippen molar-refractivity contribution in [2.75, 3.05) is 18.5 Å². The molecule has 0 spiro atoms. The van der Waals surface area contributed by atoms with Gasteiger partial charge >= 0.3 is 0 Å². The van der Waals surface area contributed by atoms with E-state index in [1.54, 1.807) is 11.9 Å². The largest absolute Gasteiger partial charge is 0.330 e. The average molecular weight is 339 g/mol. The number of nitrogens with zero attached hydrogens (tertiary/aromatic N) is 3. The molecule has 1 fully saturated rings. The summed E-state index contributed by atoms with van der Waals surface area (Å²) in [6.07, 6.45) is 0.519. The number of nitro groups is 1. The monoisotopic (exact) mass is 339 g/mol. The minimum Gasteiger partial charge on any atom is -0.330 e. The van der Waals surface area contributed by atoms with Crippen LogP contribution in [0.3, 0.4) is 0 Å². The second-order valence-electron chi connectivity index (χ2n) is 5.85. The minimum atomic E-state index is -0.577. The van der Waals surface area contributed by atoms with Crippen LogP contribution in [0.15, 0.2) is 54.6 Å². The quantitative estimate of drug-likeness (QED) is 0.633. The number of carbonyl (C=O) groups excluding carboxylic acids is 2. The molecule has 0 unspecified atom stereocenters. The van der Waals surface area contributed by atoms with E-state index in [9.17, 15) is 19.7 Å². The van der Waals surface area contributed by atoms with Crippen molar-refractivity contribution < 1.29 is 14.5 Å². The van der Waals surface area contributed by atoms with Crippen molar-refractivity contribution in [3.05, 3.63) is 70.3 Å². The molecule has 0 N–H and O–H groups in total. The van der Waals surface area contributed by atoms with Crippen molar-refractivity contribution in [1.82, 2.24) is 4.90 Å². The lowest BCUT2D eigenvalue weighted by Crippen LogP contribution is -2.43. The van der Waals surface area contributed by atoms with E-state index in [0.717, 1.165) is 5.69 Å². The second-order valence-corrected chi connectivity index (χ2v) is 5.85. The Hall–Kier alpha value is -3.22. The first-order valence-corrected chi connectivity index (χ1v) is 7.87. The molecule has 7 heteroatoms. The molecule has 0 aromatic heterocycles. The van der Waals surface area contributed by atoms with Gasteiger partial charge in [0.05, 0.1) is 4.92 Å². The zero-order chi connectivity index (χ0) is 18.0. The van der Waals surface area contributed by atoms with Gasteiger partial charge in [0.15, 0.2) is 0 Å². The summed E-state index contributed by atoms with van der Waals surface area (Å²) < 4.78 is 0. The molecular weight excluding hydrogens is 322 g/mol. The Balaban J connectivity index is 1.78. The van der Waals surface area contributed by atoms with Crippen molar-refractivity contribution >= 4 is 23.2 Å². The standard InChI is InChI=1S/C18H17N3O4/c1-19(17(22)13-6-5-9-15(12-13)21(24)25)16-10-11-20(18(16)23)14-7-3-2-4-8-14/h2-9,12,16H,10-11H2,1H3/t16-/m1/s1. The van der Waals surface area contributed by atoms with Gasteiger partial charge in [0, 0.05) is 37.0 Å². The number of hydrogen-bond donors (Lipinski definition) is 0. The number of non-ortho nitro benzene ring substituents is 1. The zero-order valence-electron chi connectivity index (χ0n) is 13.7. The van der Waals surface area contributed by atoms with Gasteiger partial charge in [-0.2, -0.15) is 0 Å². The summed E-state index contributed by atoms with van der Waals surface area (Å²) in [5.74, 6) is -0.551. The van der Waals surface area contributed by atoms with Crippen LogP contribution in [0.1, 0.15) is 16.8 Å². The lowest BCUT2D eigenvalue weighted by Gasteiger charge is -2.24. The Morgan fingerprint density at radius 3 is 2.60 bits per heavy atom. The summed E-state index contributed by atoms with van der Waals surface area (Å²) in [7, 11) is 1.55. The number of amides is 2. The molecule has 1 heterocycles. The molecule has 25 heavy (non-hydrogen) atoms. The molecule has 0 bridgehead atoms. The first kappa shape index (κ1) is 16.6. The topological polar surface area (TPSA) is 83.8 Å². The lowest BCUT2D eigenvalue weighted by molar-refractivity contribution is -0.384. The third-order valence-corrected chi connectivity index (χ3v) is 4.34. The number of benzene rings is 2. The predicted octanol–water partition coefficient (Wildman–Crippen LogP) is 2.47. The van der Waals surface area contributed by atoms with Crippen LogP contribution >= 0.6 is 0 Å². The predicted molar refractivity (Wildman–Crippen MR) is 92.4 cm³/mol. The molecule has 1 aliphatic heterocycles. The van der Waals surface area contributed by atoms with Crippen LogP contribution in [-0.2, 0) is 4.79 Å². The molecule has 3 rings (SSSR count). The summed E-state index contributed by atoms with van der Waals surface area (Å²) in [5.41, 5.74) is 0.844. The van der Waals surface area contributed by atoms with E-state index >= 15 is 0 Å². The number of hydrogen-bond acceptors (Lipinski definition) is 4. The van der Waals surface area contributed by atoms with Crippen LogP contribution in [0.25, 0.3) is 0 Å². The van der Waals surface area contributed by atoms with Crippen LogP contribution < -0.4 is 4.90 Å². The van der Waals surface area contributed by atoms with Crippen molar-refractivity contribution in [2.24, 2.45) is 0 Å². The highest BCUT2D eigenvalue weighted by molar-refractivity contribution is 6.03. The third-order valence-electron chi connectivity index (χ3n) is 4.34. The molecule has 0 aliphatic carbocycles. The van der Waals surface area contributed by atoms with Crippen LogP contribution in [0.5, 0.6) is 0 Å². The minimum absolute atomic E-state index is 0.146. The highest BCUT2D eigenvalue weighted by atomic mass is 16.6. The maximum absolute atomic E-state index is 12.7. The Morgan fingerprint density at radius 1 is 1.20 bits per heavy atom. The molecule has 0 radical (unpaired) electrons. The van der Waals surface area contributed by atoms with Gasteiger partial charge in [-0.1, -0.05) is 24.3 Å². The fraction of sp³-hybridized carbons (Fsp3) is 0.222. The summed E-state index contributed by atoms with van der Waals surface area (Å²) in [4.78, 5) is 38.7. The summed E-state index contributed by atoms with van der Waals surface area (Å²) in [6, 6.07) is 14.2. The average Bonchev–Trinajstić information content (AvgIpc) is 3.02. The van der Waals surface area contributed by atoms with Crippen molar-refractivity contribution in [3.8, 4) is 0 Å². The number of anilines is 1. The van der Waals surface area contributed by atoms with Crippen LogP contribution in [-0.4, -0.2) is 41.3 Å². The van der Waals surface area contributed by atoms with E-state index in [2.05, 4.69) is 0 Å². The van der Waals surface area contributed by atoms with Crippen molar-refractivity contribution in [1.29, 1.82) is 0 Å². The zero-order valence-corrected chi connectivity index (χ0v) is 13.7.